The van der Waals surface area contributed by atoms with Crippen molar-refractivity contribution >= 4 is 107 Å². The van der Waals surface area contributed by atoms with Gasteiger partial charge in [-0.25, -0.2) is 0 Å². The summed E-state index contributed by atoms with van der Waals surface area (Å²) >= 11 is 3.81. The SMILES string of the molecule is c1ccc(-c2sc3cc4sc5cccc(-c6c7ccccc7c(-c7cccc8oc9c%10ccccc%10ccc9c78)c7ccccc67)c5c4cc3c2-c2ccccc2)cc1. The van der Waals surface area contributed by atoms with Gasteiger partial charge < -0.3 is 4.42 Å². The molecule has 0 radical (unpaired) electrons. The van der Waals surface area contributed by atoms with E-state index < -0.39 is 0 Å². The Hall–Kier alpha value is -7.04. The maximum Gasteiger partial charge on any atom is 0.143 e. The minimum absolute atomic E-state index is 0.908. The molecule has 59 heavy (non-hydrogen) atoms. The summed E-state index contributed by atoms with van der Waals surface area (Å²) in [5.41, 5.74) is 10.6. The van der Waals surface area contributed by atoms with Crippen LogP contribution in [0.5, 0.6) is 0 Å². The van der Waals surface area contributed by atoms with Crippen molar-refractivity contribution in [3.8, 4) is 43.8 Å². The molecule has 13 rings (SSSR count). The van der Waals surface area contributed by atoms with Crippen molar-refractivity contribution in [2.75, 3.05) is 0 Å². The van der Waals surface area contributed by atoms with E-state index in [2.05, 4.69) is 194 Å². The van der Waals surface area contributed by atoms with Gasteiger partial charge in [-0.05, 0) is 90.6 Å². The van der Waals surface area contributed by atoms with Gasteiger partial charge in [-0.3, -0.25) is 0 Å². The van der Waals surface area contributed by atoms with Crippen LogP contribution >= 0.6 is 22.7 Å². The minimum atomic E-state index is 0.908. The molecule has 0 spiro atoms. The molecule has 0 aliphatic heterocycles. The molecule has 13 aromatic rings. The fourth-order valence-corrected chi connectivity index (χ4v) is 12.3. The molecule has 1 nitrogen and oxygen atoms in total. The topological polar surface area (TPSA) is 13.1 Å². The number of rotatable bonds is 4. The van der Waals surface area contributed by atoms with E-state index in [4.69, 9.17) is 4.42 Å². The highest BCUT2D eigenvalue weighted by Gasteiger charge is 2.24. The monoisotopic (exact) mass is 784 g/mol. The van der Waals surface area contributed by atoms with Gasteiger partial charge in [0.15, 0.2) is 0 Å². The van der Waals surface area contributed by atoms with E-state index in [1.165, 1.54) is 101 Å². The van der Waals surface area contributed by atoms with Crippen LogP contribution in [-0.4, -0.2) is 0 Å². The third kappa shape index (κ3) is 4.83. The van der Waals surface area contributed by atoms with Crippen LogP contribution in [0.25, 0.3) is 128 Å². The van der Waals surface area contributed by atoms with Crippen LogP contribution in [-0.2, 0) is 0 Å². The Morgan fingerprint density at radius 3 is 1.59 bits per heavy atom. The van der Waals surface area contributed by atoms with Crippen LogP contribution in [0.2, 0.25) is 0 Å². The molecular weight excluding hydrogens is 753 g/mol. The second-order valence-electron chi connectivity index (χ2n) is 15.4. The Morgan fingerprint density at radius 1 is 0.322 bits per heavy atom. The Morgan fingerprint density at radius 2 is 0.898 bits per heavy atom. The Balaban J connectivity index is 1.12. The average molecular weight is 785 g/mol. The molecule has 0 aliphatic carbocycles. The molecule has 3 heterocycles. The van der Waals surface area contributed by atoms with Crippen molar-refractivity contribution in [2.24, 2.45) is 0 Å². The molecule has 0 N–H and O–H groups in total. The summed E-state index contributed by atoms with van der Waals surface area (Å²) < 4.78 is 10.7. The highest BCUT2D eigenvalue weighted by Crippen LogP contribution is 2.52. The molecule has 274 valence electrons. The van der Waals surface area contributed by atoms with Crippen LogP contribution in [0.1, 0.15) is 0 Å². The van der Waals surface area contributed by atoms with Crippen LogP contribution in [0.15, 0.2) is 199 Å². The van der Waals surface area contributed by atoms with Gasteiger partial charge in [0.05, 0.1) is 0 Å². The fraction of sp³-hybridized carbons (Fsp3) is 0. The predicted molar refractivity (Wildman–Crippen MR) is 256 cm³/mol. The van der Waals surface area contributed by atoms with Gasteiger partial charge in [0.25, 0.3) is 0 Å². The first-order chi connectivity index (χ1) is 29.3. The van der Waals surface area contributed by atoms with E-state index in [1.807, 2.05) is 22.7 Å². The van der Waals surface area contributed by atoms with E-state index in [-0.39, 0.29) is 0 Å². The molecule has 0 aliphatic rings. The second kappa shape index (κ2) is 12.7. The largest absolute Gasteiger partial charge is 0.455 e. The lowest BCUT2D eigenvalue weighted by Crippen LogP contribution is -1.91. The van der Waals surface area contributed by atoms with E-state index in [0.717, 1.165) is 27.3 Å². The Labute approximate surface area is 347 Å². The number of furan rings is 1. The summed E-state index contributed by atoms with van der Waals surface area (Å²) in [5, 5.41) is 13.5. The van der Waals surface area contributed by atoms with Crippen molar-refractivity contribution in [2.45, 2.75) is 0 Å². The summed E-state index contributed by atoms with van der Waals surface area (Å²) in [5.74, 6) is 0. The van der Waals surface area contributed by atoms with Crippen LogP contribution in [0.4, 0.5) is 0 Å². The first kappa shape index (κ1) is 33.0. The van der Waals surface area contributed by atoms with E-state index in [0.29, 0.717) is 0 Å². The molecular formula is C56H32OS2. The number of hydrogen-bond acceptors (Lipinski definition) is 3. The molecule has 3 aromatic heterocycles. The smallest absolute Gasteiger partial charge is 0.143 e. The second-order valence-corrected chi connectivity index (χ2v) is 17.6. The zero-order valence-electron chi connectivity index (χ0n) is 31.7. The molecule has 0 fully saturated rings. The molecule has 10 aromatic carbocycles. The molecule has 0 atom stereocenters. The zero-order chi connectivity index (χ0) is 38.6. The molecule has 0 saturated heterocycles. The van der Waals surface area contributed by atoms with Crippen molar-refractivity contribution < 1.29 is 4.42 Å². The quantitative estimate of drug-likeness (QED) is 0.162. The summed E-state index contributed by atoms with van der Waals surface area (Å²) in [7, 11) is 0. The van der Waals surface area contributed by atoms with Crippen molar-refractivity contribution in [1.82, 2.24) is 0 Å². The Bertz CT molecular complexity index is 3770. The summed E-state index contributed by atoms with van der Waals surface area (Å²) in [6.07, 6.45) is 0. The minimum Gasteiger partial charge on any atom is -0.455 e. The zero-order valence-corrected chi connectivity index (χ0v) is 33.3. The lowest BCUT2D eigenvalue weighted by atomic mass is 9.84. The van der Waals surface area contributed by atoms with Gasteiger partial charge in [0.1, 0.15) is 11.2 Å². The van der Waals surface area contributed by atoms with Crippen LogP contribution in [0, 0.1) is 0 Å². The highest BCUT2D eigenvalue weighted by molar-refractivity contribution is 7.27. The van der Waals surface area contributed by atoms with Gasteiger partial charge in [-0.2, -0.15) is 0 Å². The normalized spacial score (nSPS) is 12.1. The third-order valence-electron chi connectivity index (χ3n) is 12.3. The number of benzene rings is 10. The maximum atomic E-state index is 6.72. The number of fused-ring (bicyclic) bond motifs is 11. The van der Waals surface area contributed by atoms with Crippen molar-refractivity contribution in [3.63, 3.8) is 0 Å². The first-order valence-corrected chi connectivity index (χ1v) is 21.7. The molecule has 0 saturated carbocycles. The van der Waals surface area contributed by atoms with Crippen LogP contribution < -0.4 is 0 Å². The first-order valence-electron chi connectivity index (χ1n) is 20.1. The lowest BCUT2D eigenvalue weighted by molar-refractivity contribution is 0.673. The molecule has 3 heteroatoms. The maximum absolute atomic E-state index is 6.72. The van der Waals surface area contributed by atoms with Gasteiger partial charge in [0.2, 0.25) is 0 Å². The van der Waals surface area contributed by atoms with Gasteiger partial charge in [0, 0.05) is 56.9 Å². The Kier molecular flexibility index (Phi) is 7.12. The van der Waals surface area contributed by atoms with Crippen molar-refractivity contribution in [3.05, 3.63) is 194 Å². The summed E-state index contributed by atoms with van der Waals surface area (Å²) in [4.78, 5) is 1.31. The fourth-order valence-electron chi connectivity index (χ4n) is 9.78. The van der Waals surface area contributed by atoms with Gasteiger partial charge >= 0.3 is 0 Å². The van der Waals surface area contributed by atoms with Gasteiger partial charge in [-0.1, -0.05) is 164 Å². The van der Waals surface area contributed by atoms with Crippen LogP contribution in [0.3, 0.4) is 0 Å². The number of thiophene rings is 2. The highest BCUT2D eigenvalue weighted by atomic mass is 32.1. The number of hydrogen-bond donors (Lipinski definition) is 0. The molecule has 0 unspecified atom stereocenters. The van der Waals surface area contributed by atoms with Crippen molar-refractivity contribution in [1.29, 1.82) is 0 Å². The molecule has 0 amide bonds. The van der Waals surface area contributed by atoms with Gasteiger partial charge in [-0.15, -0.1) is 22.7 Å². The molecule has 0 bridgehead atoms. The predicted octanol–water partition coefficient (Wildman–Crippen LogP) is 17.3. The average Bonchev–Trinajstić information content (AvgIpc) is 3.99. The third-order valence-corrected chi connectivity index (χ3v) is 14.6. The lowest BCUT2D eigenvalue weighted by Gasteiger charge is -2.19. The van der Waals surface area contributed by atoms with E-state index in [9.17, 15) is 0 Å². The standard InChI is InChI=1S/C56H32OS2/c1-3-16-34(17-4-1)50-44-31-45-48(32-49(44)59-56(50)35-18-5-2-6-19-35)58-47-28-14-26-42(54(45)47)52-39-23-11-9-21-37(39)51(38-22-10-12-24-40(38)52)41-25-13-27-46-53(41)43-30-29-33-15-7-8-20-36(33)55(43)57-46/h1-32H. The van der Waals surface area contributed by atoms with E-state index >= 15 is 0 Å². The summed E-state index contributed by atoms with van der Waals surface area (Å²) in [6, 6.07) is 71.2. The van der Waals surface area contributed by atoms with E-state index in [1.54, 1.807) is 0 Å². The summed E-state index contributed by atoms with van der Waals surface area (Å²) in [6.45, 7) is 0.